The van der Waals surface area contributed by atoms with Crippen LogP contribution in [0.5, 0.6) is 0 Å². The average Bonchev–Trinajstić information content (AvgIpc) is 2.73. The quantitative estimate of drug-likeness (QED) is 0.802. The molecule has 3 rings (SSSR count). The predicted molar refractivity (Wildman–Crippen MR) is 65.7 cm³/mol. The van der Waals surface area contributed by atoms with E-state index in [1.807, 2.05) is 12.1 Å². The first-order valence-corrected chi connectivity index (χ1v) is 6.08. The number of carbonyl (C=O) groups is 1. The summed E-state index contributed by atoms with van der Waals surface area (Å²) in [6, 6.07) is 10.3. The van der Waals surface area contributed by atoms with E-state index in [9.17, 15) is 4.79 Å². The molecule has 0 saturated heterocycles. The lowest BCUT2D eigenvalue weighted by atomic mass is 9.91. The molecular formula is C13H11NOS. The van der Waals surface area contributed by atoms with Gasteiger partial charge >= 0.3 is 0 Å². The zero-order valence-electron chi connectivity index (χ0n) is 8.69. The number of nitrogens with two attached hydrogens (primary N) is 1. The zero-order chi connectivity index (χ0) is 11.1. The number of primary amides is 1. The van der Waals surface area contributed by atoms with E-state index < -0.39 is 0 Å². The second-order valence-electron chi connectivity index (χ2n) is 3.99. The second kappa shape index (κ2) is 3.46. The predicted octanol–water partition coefficient (Wildman–Crippen LogP) is 2.61. The second-order valence-corrected chi connectivity index (χ2v) is 5.04. The maximum absolute atomic E-state index is 11.2. The van der Waals surface area contributed by atoms with Crippen LogP contribution < -0.4 is 5.73 Å². The van der Waals surface area contributed by atoms with E-state index in [0.717, 1.165) is 12.8 Å². The van der Waals surface area contributed by atoms with Crippen molar-refractivity contribution in [2.24, 2.45) is 5.73 Å². The number of hydrogen-bond donors (Lipinski definition) is 1. The molecular weight excluding hydrogens is 218 g/mol. The van der Waals surface area contributed by atoms with Crippen LogP contribution in [0.3, 0.4) is 0 Å². The molecule has 1 heterocycles. The van der Waals surface area contributed by atoms with Gasteiger partial charge in [-0.3, -0.25) is 4.79 Å². The van der Waals surface area contributed by atoms with Crippen molar-refractivity contribution >= 4 is 17.2 Å². The highest BCUT2D eigenvalue weighted by atomic mass is 32.1. The van der Waals surface area contributed by atoms with E-state index in [1.54, 1.807) is 0 Å². The number of benzene rings is 1. The van der Waals surface area contributed by atoms with Gasteiger partial charge in [0.15, 0.2) is 0 Å². The minimum absolute atomic E-state index is 0.322. The summed E-state index contributed by atoms with van der Waals surface area (Å²) in [6.07, 6.45) is 2.06. The fraction of sp³-hybridized carbons (Fsp3) is 0.154. The Kier molecular flexibility index (Phi) is 2.07. The maximum Gasteiger partial charge on any atom is 0.258 e. The third-order valence-electron chi connectivity index (χ3n) is 2.98. The van der Waals surface area contributed by atoms with Crippen LogP contribution in [0.25, 0.3) is 10.4 Å². The summed E-state index contributed by atoms with van der Waals surface area (Å²) in [5, 5.41) is 0. The van der Waals surface area contributed by atoms with Gasteiger partial charge in [-0.1, -0.05) is 24.3 Å². The van der Waals surface area contributed by atoms with Gasteiger partial charge in [-0.15, -0.1) is 11.3 Å². The molecule has 16 heavy (non-hydrogen) atoms. The highest BCUT2D eigenvalue weighted by Gasteiger charge is 2.19. The Balaban J connectivity index is 2.20. The van der Waals surface area contributed by atoms with E-state index in [4.69, 9.17) is 5.73 Å². The summed E-state index contributed by atoms with van der Waals surface area (Å²) in [6.45, 7) is 0. The summed E-state index contributed by atoms with van der Waals surface area (Å²) in [5.41, 5.74) is 9.21. The molecule has 1 aromatic carbocycles. The van der Waals surface area contributed by atoms with Gasteiger partial charge in [-0.25, -0.2) is 0 Å². The van der Waals surface area contributed by atoms with Crippen LogP contribution in [0.1, 0.15) is 20.8 Å². The molecule has 0 saturated carbocycles. The molecule has 1 aliphatic carbocycles. The molecule has 1 amide bonds. The Morgan fingerprint density at radius 1 is 1.19 bits per heavy atom. The number of amides is 1. The molecule has 0 radical (unpaired) electrons. The molecule has 80 valence electrons. The zero-order valence-corrected chi connectivity index (χ0v) is 9.51. The Hall–Kier alpha value is -1.61. The average molecular weight is 229 g/mol. The van der Waals surface area contributed by atoms with Gasteiger partial charge in [0, 0.05) is 4.88 Å². The van der Waals surface area contributed by atoms with Gasteiger partial charge < -0.3 is 5.73 Å². The van der Waals surface area contributed by atoms with Gasteiger partial charge in [0.1, 0.15) is 0 Å². The SMILES string of the molecule is NC(=O)c1cc2c(s1)-c1ccccc1CC2. The molecule has 0 atom stereocenters. The summed E-state index contributed by atoms with van der Waals surface area (Å²) in [4.78, 5) is 13.0. The van der Waals surface area contributed by atoms with E-state index in [-0.39, 0.29) is 5.91 Å². The summed E-state index contributed by atoms with van der Waals surface area (Å²) in [7, 11) is 0. The van der Waals surface area contributed by atoms with Crippen molar-refractivity contribution in [3.05, 3.63) is 46.3 Å². The first-order chi connectivity index (χ1) is 7.75. The maximum atomic E-state index is 11.2. The smallest absolute Gasteiger partial charge is 0.258 e. The van der Waals surface area contributed by atoms with E-state index in [1.165, 1.54) is 32.9 Å². The molecule has 2 N–H and O–H groups in total. The number of carbonyl (C=O) groups excluding carboxylic acids is 1. The van der Waals surface area contributed by atoms with E-state index in [2.05, 4.69) is 18.2 Å². The van der Waals surface area contributed by atoms with Crippen molar-refractivity contribution in [1.82, 2.24) is 0 Å². The van der Waals surface area contributed by atoms with Gasteiger partial charge in [0.25, 0.3) is 5.91 Å². The summed E-state index contributed by atoms with van der Waals surface area (Å²) >= 11 is 1.51. The lowest BCUT2D eigenvalue weighted by molar-refractivity contribution is 0.100. The third-order valence-corrected chi connectivity index (χ3v) is 4.20. The Bertz CT molecular complexity index is 571. The molecule has 0 bridgehead atoms. The van der Waals surface area contributed by atoms with Gasteiger partial charge in [-0.2, -0.15) is 0 Å². The van der Waals surface area contributed by atoms with Crippen LogP contribution >= 0.6 is 11.3 Å². The van der Waals surface area contributed by atoms with Crippen LogP contribution in [0, 0.1) is 0 Å². The topological polar surface area (TPSA) is 43.1 Å². The molecule has 0 aliphatic heterocycles. The van der Waals surface area contributed by atoms with Gasteiger partial charge in [-0.05, 0) is 35.6 Å². The third kappa shape index (κ3) is 1.36. The fourth-order valence-corrected chi connectivity index (χ4v) is 3.32. The molecule has 2 nitrogen and oxygen atoms in total. The first kappa shape index (κ1) is 9.60. The fourth-order valence-electron chi connectivity index (χ4n) is 2.19. The highest BCUT2D eigenvalue weighted by Crippen LogP contribution is 2.39. The first-order valence-electron chi connectivity index (χ1n) is 5.26. The molecule has 1 aromatic heterocycles. The Labute approximate surface area is 97.7 Å². The lowest BCUT2D eigenvalue weighted by Crippen LogP contribution is -2.08. The van der Waals surface area contributed by atoms with Crippen LogP contribution in [0.2, 0.25) is 0 Å². The summed E-state index contributed by atoms with van der Waals surface area (Å²) in [5.74, 6) is -0.322. The largest absolute Gasteiger partial charge is 0.365 e. The Morgan fingerprint density at radius 2 is 1.94 bits per heavy atom. The van der Waals surface area contributed by atoms with E-state index >= 15 is 0 Å². The monoisotopic (exact) mass is 229 g/mol. The van der Waals surface area contributed by atoms with Crippen molar-refractivity contribution in [2.45, 2.75) is 12.8 Å². The minimum Gasteiger partial charge on any atom is -0.365 e. The number of thiophene rings is 1. The molecule has 2 aromatic rings. The Morgan fingerprint density at radius 3 is 2.75 bits per heavy atom. The van der Waals surface area contributed by atoms with E-state index in [0.29, 0.717) is 4.88 Å². The molecule has 0 unspecified atom stereocenters. The standard InChI is InChI=1S/C13H11NOS/c14-13(15)11-7-9-6-5-8-3-1-2-4-10(8)12(9)16-11/h1-4,7H,5-6H2,(H2,14,15). The van der Waals surface area contributed by atoms with Crippen molar-refractivity contribution < 1.29 is 4.79 Å². The number of aryl methyl sites for hydroxylation is 2. The van der Waals surface area contributed by atoms with Gasteiger partial charge in [0.2, 0.25) is 0 Å². The van der Waals surface area contributed by atoms with Crippen molar-refractivity contribution in [1.29, 1.82) is 0 Å². The number of rotatable bonds is 1. The molecule has 0 spiro atoms. The van der Waals surface area contributed by atoms with Gasteiger partial charge in [0.05, 0.1) is 4.88 Å². The van der Waals surface area contributed by atoms with Crippen LogP contribution in [-0.2, 0) is 12.8 Å². The van der Waals surface area contributed by atoms with Crippen LogP contribution in [0.15, 0.2) is 30.3 Å². The highest BCUT2D eigenvalue weighted by molar-refractivity contribution is 7.17. The summed E-state index contributed by atoms with van der Waals surface area (Å²) < 4.78 is 0. The van der Waals surface area contributed by atoms with Crippen molar-refractivity contribution in [3.8, 4) is 10.4 Å². The number of hydrogen-bond acceptors (Lipinski definition) is 2. The van der Waals surface area contributed by atoms with Crippen molar-refractivity contribution in [3.63, 3.8) is 0 Å². The lowest BCUT2D eigenvalue weighted by Gasteiger charge is -2.15. The normalized spacial score (nSPS) is 13.0. The number of fused-ring (bicyclic) bond motifs is 3. The molecule has 3 heteroatoms. The molecule has 0 fully saturated rings. The minimum atomic E-state index is -0.322. The van der Waals surface area contributed by atoms with Crippen LogP contribution in [-0.4, -0.2) is 5.91 Å². The van der Waals surface area contributed by atoms with Crippen LogP contribution in [0.4, 0.5) is 0 Å². The molecule has 1 aliphatic rings. The van der Waals surface area contributed by atoms with Crippen molar-refractivity contribution in [2.75, 3.05) is 0 Å².